The maximum Gasteiger partial charge on any atom is 0.276 e. The topological polar surface area (TPSA) is 34.9 Å². The minimum Gasteiger partial charge on any atom is -0.267 e. The van der Waals surface area contributed by atoms with Crippen molar-refractivity contribution < 1.29 is 4.39 Å². The number of nitrogens with zero attached hydrogens (tertiary/aromatic N) is 2. The van der Waals surface area contributed by atoms with Gasteiger partial charge in [-0.2, -0.15) is 0 Å². The van der Waals surface area contributed by atoms with Gasteiger partial charge in [0, 0.05) is 15.8 Å². The molecule has 4 rings (SSSR count). The van der Waals surface area contributed by atoms with Crippen molar-refractivity contribution in [3.05, 3.63) is 85.2 Å². The molecule has 2 aromatic carbocycles. The van der Waals surface area contributed by atoms with E-state index in [1.54, 1.807) is 22.8 Å². The molecular formula is C20H13Cl2FN2OS2. The fourth-order valence-electron chi connectivity index (χ4n) is 2.77. The van der Waals surface area contributed by atoms with Crippen LogP contribution in [-0.2, 0) is 5.75 Å². The number of halogens is 3. The Hall–Kier alpha value is -1.86. The van der Waals surface area contributed by atoms with E-state index < -0.39 is 0 Å². The highest BCUT2D eigenvalue weighted by atomic mass is 35.5. The van der Waals surface area contributed by atoms with Crippen LogP contribution in [-0.4, -0.2) is 9.55 Å². The minimum absolute atomic E-state index is 0.130. The third-order valence-corrected chi connectivity index (χ3v) is 6.88. The summed E-state index contributed by atoms with van der Waals surface area (Å²) in [6, 6.07) is 11.5. The monoisotopic (exact) mass is 450 g/mol. The van der Waals surface area contributed by atoms with Gasteiger partial charge in [0.2, 0.25) is 0 Å². The lowest BCUT2D eigenvalue weighted by Crippen LogP contribution is -2.21. The average Bonchev–Trinajstić information content (AvgIpc) is 3.12. The van der Waals surface area contributed by atoms with E-state index in [4.69, 9.17) is 23.2 Å². The van der Waals surface area contributed by atoms with Gasteiger partial charge in [-0.3, -0.25) is 9.36 Å². The first-order chi connectivity index (χ1) is 13.4. The number of benzene rings is 2. The molecule has 0 spiro atoms. The summed E-state index contributed by atoms with van der Waals surface area (Å²) >= 11 is 15.0. The summed E-state index contributed by atoms with van der Waals surface area (Å²) in [6.07, 6.45) is 0. The highest BCUT2D eigenvalue weighted by molar-refractivity contribution is 7.98. The van der Waals surface area contributed by atoms with E-state index in [9.17, 15) is 9.18 Å². The van der Waals surface area contributed by atoms with Gasteiger partial charge in [0.25, 0.3) is 5.56 Å². The van der Waals surface area contributed by atoms with Gasteiger partial charge < -0.3 is 0 Å². The molecule has 0 atom stereocenters. The summed E-state index contributed by atoms with van der Waals surface area (Å²) in [5.41, 5.74) is 2.86. The van der Waals surface area contributed by atoms with Crippen LogP contribution in [0.3, 0.4) is 0 Å². The standard InChI is InChI=1S/C20H13Cl2FN2OS2/c1-11-8-14(4-5-15(11)21)25-19(26)18-17(6-7-27-18)24-20(25)28-10-12-2-3-13(23)9-16(12)22/h2-9H,10H2,1H3. The quantitative estimate of drug-likeness (QED) is 0.263. The fraction of sp³-hybridized carbons (Fsp3) is 0.100. The number of aromatic nitrogens is 2. The molecule has 0 fully saturated rings. The van der Waals surface area contributed by atoms with Gasteiger partial charge in [0.05, 0.1) is 11.2 Å². The normalized spacial score (nSPS) is 11.3. The Morgan fingerprint density at radius 2 is 1.96 bits per heavy atom. The van der Waals surface area contributed by atoms with Crippen LogP contribution in [0.4, 0.5) is 4.39 Å². The second kappa shape index (κ2) is 7.87. The lowest BCUT2D eigenvalue weighted by molar-refractivity contribution is 0.627. The summed E-state index contributed by atoms with van der Waals surface area (Å²) in [6.45, 7) is 1.89. The second-order valence-corrected chi connectivity index (χ2v) is 8.80. The van der Waals surface area contributed by atoms with Gasteiger partial charge in [-0.25, -0.2) is 9.37 Å². The van der Waals surface area contributed by atoms with Crippen molar-refractivity contribution in [2.24, 2.45) is 0 Å². The Morgan fingerprint density at radius 3 is 2.71 bits per heavy atom. The molecule has 0 aliphatic heterocycles. The van der Waals surface area contributed by atoms with Gasteiger partial charge in [0.15, 0.2) is 5.16 Å². The Bertz CT molecular complexity index is 1250. The van der Waals surface area contributed by atoms with Crippen molar-refractivity contribution >= 4 is 56.5 Å². The number of rotatable bonds is 4. The molecule has 0 amide bonds. The number of hydrogen-bond donors (Lipinski definition) is 0. The van der Waals surface area contributed by atoms with Crippen LogP contribution >= 0.6 is 46.3 Å². The van der Waals surface area contributed by atoms with Crippen LogP contribution in [0.5, 0.6) is 0 Å². The molecule has 0 N–H and O–H groups in total. The Kier molecular flexibility index (Phi) is 5.47. The molecule has 8 heteroatoms. The van der Waals surface area contributed by atoms with Crippen LogP contribution in [0.15, 0.2) is 57.8 Å². The molecule has 28 heavy (non-hydrogen) atoms. The Labute approximate surface area is 178 Å². The number of fused-ring (bicyclic) bond motifs is 1. The van der Waals surface area contributed by atoms with Gasteiger partial charge >= 0.3 is 0 Å². The van der Waals surface area contributed by atoms with E-state index >= 15 is 0 Å². The minimum atomic E-state index is -0.384. The van der Waals surface area contributed by atoms with E-state index in [0.717, 1.165) is 11.1 Å². The highest BCUT2D eigenvalue weighted by Crippen LogP contribution is 2.29. The molecule has 0 saturated heterocycles. The van der Waals surface area contributed by atoms with Gasteiger partial charge in [0.1, 0.15) is 10.5 Å². The third-order valence-electron chi connectivity index (χ3n) is 4.22. The summed E-state index contributed by atoms with van der Waals surface area (Å²) in [7, 11) is 0. The van der Waals surface area contributed by atoms with E-state index in [1.807, 2.05) is 24.4 Å². The lowest BCUT2D eigenvalue weighted by Gasteiger charge is -2.13. The summed E-state index contributed by atoms with van der Waals surface area (Å²) < 4.78 is 15.5. The zero-order valence-corrected chi connectivity index (χ0v) is 17.7. The highest BCUT2D eigenvalue weighted by Gasteiger charge is 2.16. The van der Waals surface area contributed by atoms with Crippen molar-refractivity contribution in [1.82, 2.24) is 9.55 Å². The summed E-state index contributed by atoms with van der Waals surface area (Å²) in [4.78, 5) is 17.8. The fourth-order valence-corrected chi connectivity index (χ4v) is 4.97. The van der Waals surface area contributed by atoms with Crippen LogP contribution in [0.2, 0.25) is 10.0 Å². The van der Waals surface area contributed by atoms with Crippen molar-refractivity contribution in [2.45, 2.75) is 17.8 Å². The van der Waals surface area contributed by atoms with E-state index in [0.29, 0.717) is 36.9 Å². The third kappa shape index (κ3) is 3.70. The molecule has 0 radical (unpaired) electrons. The zero-order chi connectivity index (χ0) is 19.8. The molecule has 0 aliphatic carbocycles. The van der Waals surface area contributed by atoms with Crippen molar-refractivity contribution in [3.63, 3.8) is 0 Å². The first kappa shape index (κ1) is 19.5. The molecule has 3 nitrogen and oxygen atoms in total. The number of hydrogen-bond acceptors (Lipinski definition) is 4. The maximum atomic E-state index is 13.3. The van der Waals surface area contributed by atoms with Crippen LogP contribution in [0.1, 0.15) is 11.1 Å². The predicted molar refractivity (Wildman–Crippen MR) is 116 cm³/mol. The molecule has 142 valence electrons. The van der Waals surface area contributed by atoms with Crippen LogP contribution in [0.25, 0.3) is 15.9 Å². The Morgan fingerprint density at radius 1 is 1.14 bits per heavy atom. The molecule has 0 saturated carbocycles. The zero-order valence-electron chi connectivity index (χ0n) is 14.6. The van der Waals surface area contributed by atoms with Crippen LogP contribution in [0, 0.1) is 12.7 Å². The largest absolute Gasteiger partial charge is 0.276 e. The second-order valence-electron chi connectivity index (χ2n) is 6.13. The smallest absolute Gasteiger partial charge is 0.267 e. The first-order valence-corrected chi connectivity index (χ1v) is 10.9. The summed E-state index contributed by atoms with van der Waals surface area (Å²) in [5, 5.41) is 3.37. The van der Waals surface area contributed by atoms with Gasteiger partial charge in [-0.15, -0.1) is 11.3 Å². The average molecular weight is 451 g/mol. The molecule has 4 aromatic rings. The molecule has 0 aliphatic rings. The molecular weight excluding hydrogens is 438 g/mol. The van der Waals surface area contributed by atoms with Gasteiger partial charge in [-0.1, -0.05) is 41.0 Å². The van der Waals surface area contributed by atoms with E-state index in [1.165, 1.54) is 35.2 Å². The molecule has 0 bridgehead atoms. The SMILES string of the molecule is Cc1cc(-n2c(SCc3ccc(F)cc3Cl)nc3ccsc3c2=O)ccc1Cl. The first-order valence-electron chi connectivity index (χ1n) is 8.27. The van der Waals surface area contributed by atoms with Crippen molar-refractivity contribution in [1.29, 1.82) is 0 Å². The number of thiophene rings is 1. The van der Waals surface area contributed by atoms with Crippen molar-refractivity contribution in [3.8, 4) is 5.69 Å². The maximum absolute atomic E-state index is 13.3. The van der Waals surface area contributed by atoms with E-state index in [2.05, 4.69) is 4.98 Å². The van der Waals surface area contributed by atoms with Crippen molar-refractivity contribution in [2.75, 3.05) is 0 Å². The molecule has 2 heterocycles. The number of aryl methyl sites for hydroxylation is 1. The predicted octanol–water partition coefficient (Wildman–Crippen LogP) is 6.49. The molecule has 2 aromatic heterocycles. The Balaban J connectivity index is 1.82. The van der Waals surface area contributed by atoms with Gasteiger partial charge in [-0.05, 0) is 59.8 Å². The summed E-state index contributed by atoms with van der Waals surface area (Å²) in [5.74, 6) is 0.0680. The van der Waals surface area contributed by atoms with Crippen LogP contribution < -0.4 is 5.56 Å². The number of thioether (sulfide) groups is 1. The lowest BCUT2D eigenvalue weighted by atomic mass is 10.2. The van der Waals surface area contributed by atoms with E-state index in [-0.39, 0.29) is 11.4 Å². The molecule has 0 unspecified atom stereocenters.